The summed E-state index contributed by atoms with van der Waals surface area (Å²) in [5, 5.41) is 4.05. The van der Waals surface area contributed by atoms with E-state index in [1.54, 1.807) is 18.3 Å². The maximum atomic E-state index is 12.2. The molecule has 1 aliphatic carbocycles. The van der Waals surface area contributed by atoms with Gasteiger partial charge in [0.25, 0.3) is 5.91 Å². The van der Waals surface area contributed by atoms with Crippen molar-refractivity contribution < 1.29 is 19.0 Å². The fourth-order valence-electron chi connectivity index (χ4n) is 2.43. The molecule has 0 fully saturated rings. The van der Waals surface area contributed by atoms with Crippen LogP contribution >= 0.6 is 0 Å². The van der Waals surface area contributed by atoms with Gasteiger partial charge in [-0.15, -0.1) is 0 Å². The third-order valence-electron chi connectivity index (χ3n) is 3.69. The Morgan fingerprint density at radius 2 is 1.87 bits per heavy atom. The smallest absolute Gasteiger partial charge is 0.271 e. The first kappa shape index (κ1) is 16.9. The third-order valence-corrected chi connectivity index (χ3v) is 3.69. The number of rotatable bonds is 6. The van der Waals surface area contributed by atoms with Crippen LogP contribution in [0, 0.1) is 5.92 Å². The van der Waals surface area contributed by atoms with Crippen molar-refractivity contribution in [2.45, 2.75) is 19.3 Å². The van der Waals surface area contributed by atoms with E-state index in [9.17, 15) is 4.79 Å². The second-order valence-electron chi connectivity index (χ2n) is 5.18. The lowest BCUT2D eigenvalue weighted by Crippen LogP contribution is -2.19. The summed E-state index contributed by atoms with van der Waals surface area (Å²) in [4.78, 5) is 12.2. The molecule has 1 aromatic rings. The lowest BCUT2D eigenvalue weighted by Gasteiger charge is -2.14. The van der Waals surface area contributed by atoms with Crippen LogP contribution in [-0.2, 0) is 0 Å². The standard InChI is InChI=1S/C17H22N2O4/c1-21-14-9-13(10-15(22-2)16(14)23-3)17(20)19-18-11-12-7-5-4-6-8-12/h4-5,9-12H,6-8H2,1-3H3,(H,19,20)/b18-11-/t12-/m0/s1. The second kappa shape index (κ2) is 8.22. The van der Waals surface area contributed by atoms with Gasteiger partial charge in [-0.2, -0.15) is 5.10 Å². The van der Waals surface area contributed by atoms with Gasteiger partial charge in [-0.1, -0.05) is 12.2 Å². The highest BCUT2D eigenvalue weighted by atomic mass is 16.5. The number of methoxy groups -OCH3 is 3. The molecule has 23 heavy (non-hydrogen) atoms. The number of hydrogen-bond acceptors (Lipinski definition) is 5. The minimum Gasteiger partial charge on any atom is -0.493 e. The van der Waals surface area contributed by atoms with Gasteiger partial charge in [-0.25, -0.2) is 5.43 Å². The molecule has 0 bridgehead atoms. The molecule has 1 aliphatic rings. The SMILES string of the molecule is COc1cc(C(=O)N/N=C\[C@H]2CC=CCC2)cc(OC)c1OC. The fourth-order valence-corrected chi connectivity index (χ4v) is 2.43. The van der Waals surface area contributed by atoms with E-state index in [4.69, 9.17) is 14.2 Å². The molecule has 6 heteroatoms. The molecule has 0 aromatic heterocycles. The van der Waals surface area contributed by atoms with Gasteiger partial charge in [0.2, 0.25) is 5.75 Å². The zero-order valence-electron chi connectivity index (χ0n) is 13.7. The highest BCUT2D eigenvalue weighted by Crippen LogP contribution is 2.38. The van der Waals surface area contributed by atoms with Gasteiger partial charge in [-0.05, 0) is 37.3 Å². The molecule has 0 spiro atoms. The van der Waals surface area contributed by atoms with Crippen LogP contribution in [0.15, 0.2) is 29.4 Å². The van der Waals surface area contributed by atoms with Crippen LogP contribution < -0.4 is 19.6 Å². The van der Waals surface area contributed by atoms with Gasteiger partial charge < -0.3 is 14.2 Å². The van der Waals surface area contributed by atoms with Crippen molar-refractivity contribution in [3.63, 3.8) is 0 Å². The van der Waals surface area contributed by atoms with Crippen LogP contribution in [0.2, 0.25) is 0 Å². The first-order chi connectivity index (χ1) is 11.2. The summed E-state index contributed by atoms with van der Waals surface area (Å²) in [6, 6.07) is 3.19. The van der Waals surface area contributed by atoms with E-state index in [1.165, 1.54) is 21.3 Å². The molecule has 6 nitrogen and oxygen atoms in total. The van der Waals surface area contributed by atoms with Gasteiger partial charge in [-0.3, -0.25) is 4.79 Å². The summed E-state index contributed by atoms with van der Waals surface area (Å²) in [5.74, 6) is 1.35. The molecule has 1 N–H and O–H groups in total. The summed E-state index contributed by atoms with van der Waals surface area (Å²) in [6.45, 7) is 0. The maximum absolute atomic E-state index is 12.2. The normalized spacial score (nSPS) is 17.1. The molecule has 2 rings (SSSR count). The summed E-state index contributed by atoms with van der Waals surface area (Å²) in [5.41, 5.74) is 2.93. The van der Waals surface area contributed by atoms with E-state index in [0.29, 0.717) is 28.7 Å². The Hall–Kier alpha value is -2.50. The van der Waals surface area contributed by atoms with Crippen LogP contribution in [0.5, 0.6) is 17.2 Å². The summed E-state index contributed by atoms with van der Waals surface area (Å²) in [6.07, 6.45) is 9.17. The summed E-state index contributed by atoms with van der Waals surface area (Å²) >= 11 is 0. The monoisotopic (exact) mass is 318 g/mol. The number of carbonyl (C=O) groups is 1. The largest absolute Gasteiger partial charge is 0.493 e. The first-order valence-electron chi connectivity index (χ1n) is 7.48. The van der Waals surface area contributed by atoms with Crippen molar-refractivity contribution in [1.29, 1.82) is 0 Å². The average Bonchev–Trinajstić information content (AvgIpc) is 2.61. The van der Waals surface area contributed by atoms with E-state index >= 15 is 0 Å². The van der Waals surface area contributed by atoms with Crippen LogP contribution in [0.4, 0.5) is 0 Å². The average molecular weight is 318 g/mol. The predicted molar refractivity (Wildman–Crippen MR) is 88.5 cm³/mol. The van der Waals surface area contributed by atoms with Crippen LogP contribution in [0.1, 0.15) is 29.6 Å². The molecular weight excluding hydrogens is 296 g/mol. The molecular formula is C17H22N2O4. The topological polar surface area (TPSA) is 69.2 Å². The molecule has 1 amide bonds. The lowest BCUT2D eigenvalue weighted by molar-refractivity contribution is 0.0954. The number of ether oxygens (including phenoxy) is 3. The van der Waals surface area contributed by atoms with Crippen molar-refractivity contribution in [3.05, 3.63) is 29.8 Å². The molecule has 0 aliphatic heterocycles. The van der Waals surface area contributed by atoms with E-state index in [0.717, 1.165) is 19.3 Å². The van der Waals surface area contributed by atoms with Gasteiger partial charge in [0.15, 0.2) is 11.5 Å². The van der Waals surface area contributed by atoms with Crippen LogP contribution in [-0.4, -0.2) is 33.5 Å². The lowest BCUT2D eigenvalue weighted by atomic mass is 9.96. The van der Waals surface area contributed by atoms with Crippen molar-refractivity contribution in [3.8, 4) is 17.2 Å². The molecule has 0 saturated carbocycles. The zero-order chi connectivity index (χ0) is 16.7. The Bertz CT molecular complexity index is 586. The van der Waals surface area contributed by atoms with E-state index in [-0.39, 0.29) is 5.91 Å². The van der Waals surface area contributed by atoms with Crippen molar-refractivity contribution in [1.82, 2.24) is 5.43 Å². The summed E-state index contributed by atoms with van der Waals surface area (Å²) in [7, 11) is 4.53. The molecule has 0 heterocycles. The molecule has 0 radical (unpaired) electrons. The number of hydrogen-bond donors (Lipinski definition) is 1. The number of nitrogens with zero attached hydrogens (tertiary/aromatic N) is 1. The number of allylic oxidation sites excluding steroid dienone is 2. The van der Waals surface area contributed by atoms with Crippen molar-refractivity contribution >= 4 is 12.1 Å². The fraction of sp³-hybridized carbons (Fsp3) is 0.412. The molecule has 0 unspecified atom stereocenters. The molecule has 124 valence electrons. The quantitative estimate of drug-likeness (QED) is 0.497. The number of carbonyl (C=O) groups excluding carboxylic acids is 1. The zero-order valence-corrected chi connectivity index (χ0v) is 13.7. The Morgan fingerprint density at radius 1 is 1.17 bits per heavy atom. The Labute approximate surface area is 136 Å². The Kier molecular flexibility index (Phi) is 6.02. The van der Waals surface area contributed by atoms with Crippen LogP contribution in [0.3, 0.4) is 0 Å². The number of hydrazone groups is 1. The van der Waals surface area contributed by atoms with E-state index in [1.807, 2.05) is 0 Å². The highest BCUT2D eigenvalue weighted by molar-refractivity contribution is 5.95. The molecule has 1 atom stereocenters. The minimum absolute atomic E-state index is 0.327. The second-order valence-corrected chi connectivity index (χ2v) is 5.18. The van der Waals surface area contributed by atoms with Gasteiger partial charge in [0.1, 0.15) is 0 Å². The van der Waals surface area contributed by atoms with Gasteiger partial charge in [0, 0.05) is 11.8 Å². The first-order valence-corrected chi connectivity index (χ1v) is 7.48. The molecule has 0 saturated heterocycles. The number of amides is 1. The Balaban J connectivity index is 2.09. The van der Waals surface area contributed by atoms with Crippen molar-refractivity contribution in [2.24, 2.45) is 11.0 Å². The van der Waals surface area contributed by atoms with Gasteiger partial charge in [0.05, 0.1) is 21.3 Å². The van der Waals surface area contributed by atoms with Crippen LogP contribution in [0.25, 0.3) is 0 Å². The Morgan fingerprint density at radius 3 is 2.39 bits per heavy atom. The third kappa shape index (κ3) is 4.25. The van der Waals surface area contributed by atoms with E-state index in [2.05, 4.69) is 22.7 Å². The predicted octanol–water partition coefficient (Wildman–Crippen LogP) is 2.78. The molecule has 1 aromatic carbocycles. The minimum atomic E-state index is -0.327. The highest BCUT2D eigenvalue weighted by Gasteiger charge is 2.16. The summed E-state index contributed by atoms with van der Waals surface area (Å²) < 4.78 is 15.7. The number of benzene rings is 1. The van der Waals surface area contributed by atoms with Crippen molar-refractivity contribution in [2.75, 3.05) is 21.3 Å². The number of nitrogens with one attached hydrogen (secondary N) is 1. The van der Waals surface area contributed by atoms with E-state index < -0.39 is 0 Å². The van der Waals surface area contributed by atoms with Gasteiger partial charge >= 0.3 is 0 Å². The maximum Gasteiger partial charge on any atom is 0.271 e.